The summed E-state index contributed by atoms with van der Waals surface area (Å²) in [6.45, 7) is 6.68. The molecule has 2 N–H and O–H groups in total. The zero-order valence-corrected chi connectivity index (χ0v) is 10.00. The fourth-order valence-electron chi connectivity index (χ4n) is 1.95. The average molecular weight is 198 g/mol. The summed E-state index contributed by atoms with van der Waals surface area (Å²) in [6, 6.07) is 0.795. The summed E-state index contributed by atoms with van der Waals surface area (Å²) in [7, 11) is 2.26. The predicted molar refractivity (Wildman–Crippen MR) is 62.3 cm³/mol. The van der Waals surface area contributed by atoms with Crippen molar-refractivity contribution in [3.8, 4) is 0 Å². The second-order valence-corrected chi connectivity index (χ2v) is 5.04. The molecule has 14 heavy (non-hydrogen) atoms. The molecule has 2 unspecified atom stereocenters. The molecule has 0 aromatic carbocycles. The van der Waals surface area contributed by atoms with Crippen LogP contribution in [0.25, 0.3) is 0 Å². The Bertz CT molecular complexity index is 154. The molecule has 0 heterocycles. The highest BCUT2D eigenvalue weighted by Gasteiger charge is 2.29. The highest BCUT2D eigenvalue weighted by atomic mass is 15.1. The van der Waals surface area contributed by atoms with Crippen molar-refractivity contribution in [3.63, 3.8) is 0 Å². The maximum atomic E-state index is 5.59. The van der Waals surface area contributed by atoms with E-state index in [4.69, 9.17) is 5.73 Å². The van der Waals surface area contributed by atoms with Gasteiger partial charge < -0.3 is 10.6 Å². The van der Waals surface area contributed by atoms with Crippen LogP contribution in [0, 0.1) is 11.8 Å². The van der Waals surface area contributed by atoms with Crippen molar-refractivity contribution < 1.29 is 0 Å². The van der Waals surface area contributed by atoms with Gasteiger partial charge in [0.2, 0.25) is 0 Å². The van der Waals surface area contributed by atoms with Crippen molar-refractivity contribution in [2.45, 2.75) is 45.6 Å². The van der Waals surface area contributed by atoms with E-state index in [0.29, 0.717) is 5.92 Å². The van der Waals surface area contributed by atoms with Gasteiger partial charge in [-0.15, -0.1) is 0 Å². The molecule has 2 nitrogen and oxygen atoms in total. The van der Waals surface area contributed by atoms with Crippen LogP contribution < -0.4 is 5.73 Å². The Labute approximate surface area is 88.8 Å². The first kappa shape index (κ1) is 12.0. The van der Waals surface area contributed by atoms with Crippen LogP contribution in [0.4, 0.5) is 0 Å². The molecule has 0 bridgehead atoms. The number of hydrogen-bond donors (Lipinski definition) is 1. The van der Waals surface area contributed by atoms with Crippen molar-refractivity contribution in [2.24, 2.45) is 17.6 Å². The lowest BCUT2D eigenvalue weighted by atomic mass is 10.1. The Hall–Kier alpha value is -0.0800. The molecule has 1 aliphatic carbocycles. The third-order valence-electron chi connectivity index (χ3n) is 3.61. The monoisotopic (exact) mass is 198 g/mol. The Morgan fingerprint density at radius 3 is 2.50 bits per heavy atom. The summed E-state index contributed by atoms with van der Waals surface area (Å²) in [5, 5.41) is 0. The fourth-order valence-corrected chi connectivity index (χ4v) is 1.95. The topological polar surface area (TPSA) is 29.3 Å². The minimum absolute atomic E-state index is 0.694. The van der Waals surface area contributed by atoms with Crippen LogP contribution in [0.15, 0.2) is 0 Å². The number of nitrogens with two attached hydrogens (primary N) is 1. The Kier molecular flexibility index (Phi) is 4.90. The average Bonchev–Trinajstić information content (AvgIpc) is 2.99. The lowest BCUT2D eigenvalue weighted by Crippen LogP contribution is -2.31. The van der Waals surface area contributed by atoms with Crippen LogP contribution in [0.1, 0.15) is 39.5 Å². The summed E-state index contributed by atoms with van der Waals surface area (Å²) < 4.78 is 0. The highest BCUT2D eigenvalue weighted by molar-refractivity contribution is 4.83. The molecule has 1 saturated carbocycles. The molecule has 84 valence electrons. The third kappa shape index (κ3) is 3.97. The minimum atomic E-state index is 0.694. The maximum absolute atomic E-state index is 5.59. The van der Waals surface area contributed by atoms with E-state index in [9.17, 15) is 0 Å². The summed E-state index contributed by atoms with van der Waals surface area (Å²) >= 11 is 0. The molecule has 2 atom stereocenters. The van der Waals surface area contributed by atoms with Gasteiger partial charge in [0.1, 0.15) is 0 Å². The molecular weight excluding hydrogens is 172 g/mol. The molecule has 0 spiro atoms. The van der Waals surface area contributed by atoms with Gasteiger partial charge in [-0.25, -0.2) is 0 Å². The van der Waals surface area contributed by atoms with Crippen LogP contribution in [0.2, 0.25) is 0 Å². The van der Waals surface area contributed by atoms with Crippen LogP contribution in [-0.2, 0) is 0 Å². The second kappa shape index (κ2) is 5.72. The van der Waals surface area contributed by atoms with Crippen molar-refractivity contribution in [3.05, 3.63) is 0 Å². The summed E-state index contributed by atoms with van der Waals surface area (Å²) in [4.78, 5) is 2.51. The molecule has 2 heteroatoms. The molecule has 0 aliphatic heterocycles. The molecule has 0 amide bonds. The molecule has 0 saturated heterocycles. The van der Waals surface area contributed by atoms with E-state index < -0.39 is 0 Å². The van der Waals surface area contributed by atoms with E-state index in [0.717, 1.165) is 18.5 Å². The van der Waals surface area contributed by atoms with E-state index in [1.54, 1.807) is 0 Å². The summed E-state index contributed by atoms with van der Waals surface area (Å²) in [6.07, 6.45) is 5.47. The van der Waals surface area contributed by atoms with Crippen molar-refractivity contribution in [1.82, 2.24) is 4.90 Å². The highest BCUT2D eigenvalue weighted by Crippen LogP contribution is 2.34. The van der Waals surface area contributed by atoms with Gasteiger partial charge in [0.15, 0.2) is 0 Å². The normalized spacial score (nSPS) is 21.2. The van der Waals surface area contributed by atoms with Gasteiger partial charge in [0, 0.05) is 6.04 Å². The van der Waals surface area contributed by atoms with Crippen molar-refractivity contribution >= 4 is 0 Å². The van der Waals surface area contributed by atoms with Gasteiger partial charge in [-0.1, -0.05) is 6.92 Å². The third-order valence-corrected chi connectivity index (χ3v) is 3.61. The maximum Gasteiger partial charge on any atom is 0.00921 e. The molecule has 1 fully saturated rings. The van der Waals surface area contributed by atoms with Crippen LogP contribution in [0.5, 0.6) is 0 Å². The molecule has 1 rings (SSSR count). The van der Waals surface area contributed by atoms with Gasteiger partial charge >= 0.3 is 0 Å². The Morgan fingerprint density at radius 1 is 1.36 bits per heavy atom. The van der Waals surface area contributed by atoms with Crippen molar-refractivity contribution in [1.29, 1.82) is 0 Å². The zero-order valence-electron chi connectivity index (χ0n) is 10.00. The van der Waals surface area contributed by atoms with Crippen LogP contribution in [-0.4, -0.2) is 31.1 Å². The first-order chi connectivity index (χ1) is 6.65. The SMILES string of the molecule is CC(CN)CCCN(C)C(C)C1CC1. The smallest absolute Gasteiger partial charge is 0.00921 e. The number of hydrogen-bond acceptors (Lipinski definition) is 2. The van der Waals surface area contributed by atoms with Gasteiger partial charge in [-0.2, -0.15) is 0 Å². The summed E-state index contributed by atoms with van der Waals surface area (Å²) in [5.41, 5.74) is 5.59. The lowest BCUT2D eigenvalue weighted by molar-refractivity contribution is 0.226. The lowest BCUT2D eigenvalue weighted by Gasteiger charge is -2.24. The molecule has 0 aromatic heterocycles. The van der Waals surface area contributed by atoms with E-state index >= 15 is 0 Å². The van der Waals surface area contributed by atoms with Gasteiger partial charge in [-0.3, -0.25) is 0 Å². The van der Waals surface area contributed by atoms with E-state index in [1.807, 2.05) is 0 Å². The van der Waals surface area contributed by atoms with Gasteiger partial charge in [0.25, 0.3) is 0 Å². The van der Waals surface area contributed by atoms with Crippen molar-refractivity contribution in [2.75, 3.05) is 20.1 Å². The Morgan fingerprint density at radius 2 is 2.00 bits per heavy atom. The molecular formula is C12H26N2. The second-order valence-electron chi connectivity index (χ2n) is 5.04. The minimum Gasteiger partial charge on any atom is -0.330 e. The number of rotatable bonds is 7. The Balaban J connectivity index is 2.04. The van der Waals surface area contributed by atoms with E-state index in [-0.39, 0.29) is 0 Å². The summed E-state index contributed by atoms with van der Waals surface area (Å²) in [5.74, 6) is 1.69. The molecule has 0 aromatic rings. The van der Waals surface area contributed by atoms with Gasteiger partial charge in [-0.05, 0) is 64.6 Å². The van der Waals surface area contributed by atoms with Gasteiger partial charge in [0.05, 0.1) is 0 Å². The molecule has 1 aliphatic rings. The standard InChI is InChI=1S/C12H26N2/c1-10(9-13)5-4-8-14(3)11(2)12-6-7-12/h10-12H,4-9,13H2,1-3H3. The fraction of sp³-hybridized carbons (Fsp3) is 1.00. The van der Waals surface area contributed by atoms with E-state index in [2.05, 4.69) is 25.8 Å². The zero-order chi connectivity index (χ0) is 10.6. The van der Waals surface area contributed by atoms with Crippen LogP contribution >= 0.6 is 0 Å². The largest absolute Gasteiger partial charge is 0.330 e. The van der Waals surface area contributed by atoms with Crippen LogP contribution in [0.3, 0.4) is 0 Å². The quantitative estimate of drug-likeness (QED) is 0.679. The first-order valence-corrected chi connectivity index (χ1v) is 6.05. The number of nitrogens with zero attached hydrogens (tertiary/aromatic N) is 1. The first-order valence-electron chi connectivity index (χ1n) is 6.05. The predicted octanol–water partition coefficient (Wildman–Crippen LogP) is 2.09. The molecule has 0 radical (unpaired) electrons. The van der Waals surface area contributed by atoms with E-state index in [1.165, 1.54) is 32.2 Å².